The third-order valence-electron chi connectivity index (χ3n) is 3.06. The van der Waals surface area contributed by atoms with Crippen molar-refractivity contribution in [2.45, 2.75) is 26.5 Å². The van der Waals surface area contributed by atoms with Crippen molar-refractivity contribution in [3.05, 3.63) is 63.0 Å². The van der Waals surface area contributed by atoms with E-state index in [9.17, 15) is 4.39 Å². The maximum Gasteiger partial charge on any atom is 0.129 e. The molecule has 0 radical (unpaired) electrons. The highest BCUT2D eigenvalue weighted by atomic mass is 127. The molecule has 0 spiro atoms. The molecule has 0 bridgehead atoms. The second-order valence-electron chi connectivity index (χ2n) is 4.85. The average molecular weight is 399 g/mol. The first-order chi connectivity index (χ1) is 10.2. The third kappa shape index (κ3) is 5.28. The molecule has 0 fully saturated rings. The Bertz CT molecular complexity index is 589. The van der Waals surface area contributed by atoms with Crippen molar-refractivity contribution in [1.82, 2.24) is 5.32 Å². The summed E-state index contributed by atoms with van der Waals surface area (Å²) in [5, 5.41) is 3.32. The van der Waals surface area contributed by atoms with Gasteiger partial charge in [-0.2, -0.15) is 0 Å². The van der Waals surface area contributed by atoms with Gasteiger partial charge in [0.1, 0.15) is 18.2 Å². The second-order valence-corrected chi connectivity index (χ2v) is 6.09. The molecule has 2 aromatic carbocycles. The van der Waals surface area contributed by atoms with Gasteiger partial charge in [0.05, 0.1) is 0 Å². The molecule has 112 valence electrons. The van der Waals surface area contributed by atoms with Gasteiger partial charge in [0, 0.05) is 15.7 Å². The van der Waals surface area contributed by atoms with Crippen LogP contribution in [0.4, 0.5) is 4.39 Å². The van der Waals surface area contributed by atoms with Crippen LogP contribution in [0.1, 0.15) is 24.5 Å². The highest BCUT2D eigenvalue weighted by Crippen LogP contribution is 2.18. The van der Waals surface area contributed by atoms with Crippen molar-refractivity contribution in [3.8, 4) is 5.75 Å². The molecule has 0 amide bonds. The fourth-order valence-corrected chi connectivity index (χ4v) is 2.49. The molecule has 2 rings (SSSR count). The molecule has 1 N–H and O–H groups in total. The van der Waals surface area contributed by atoms with Crippen molar-refractivity contribution in [1.29, 1.82) is 0 Å². The fourth-order valence-electron chi connectivity index (χ4n) is 1.98. The Hall–Kier alpha value is -1.14. The number of hydrogen-bond donors (Lipinski definition) is 1. The lowest BCUT2D eigenvalue weighted by Gasteiger charge is -2.10. The van der Waals surface area contributed by atoms with Gasteiger partial charge in [-0.15, -0.1) is 0 Å². The van der Waals surface area contributed by atoms with E-state index in [1.807, 2.05) is 36.4 Å². The summed E-state index contributed by atoms with van der Waals surface area (Å²) in [7, 11) is 0. The standard InChI is InChI=1S/C17H19FINO/c1-2-8-20-11-13-6-7-17(18)14(9-13)12-21-16-5-3-4-15(19)10-16/h3-7,9-10,20H,2,8,11-12H2,1H3. The van der Waals surface area contributed by atoms with Crippen LogP contribution in [0.2, 0.25) is 0 Å². The van der Waals surface area contributed by atoms with Crippen molar-refractivity contribution in [2.24, 2.45) is 0 Å². The largest absolute Gasteiger partial charge is 0.489 e. The first-order valence-electron chi connectivity index (χ1n) is 7.05. The Balaban J connectivity index is 2.00. The van der Waals surface area contributed by atoms with E-state index < -0.39 is 0 Å². The predicted molar refractivity (Wildman–Crippen MR) is 91.9 cm³/mol. The summed E-state index contributed by atoms with van der Waals surface area (Å²) in [6, 6.07) is 12.9. The smallest absolute Gasteiger partial charge is 0.129 e. The summed E-state index contributed by atoms with van der Waals surface area (Å²) in [4.78, 5) is 0. The van der Waals surface area contributed by atoms with Crippen LogP contribution in [0.3, 0.4) is 0 Å². The Morgan fingerprint density at radius 2 is 2.05 bits per heavy atom. The van der Waals surface area contributed by atoms with Crippen LogP contribution in [-0.4, -0.2) is 6.54 Å². The zero-order chi connectivity index (χ0) is 15.1. The van der Waals surface area contributed by atoms with Crippen molar-refractivity contribution < 1.29 is 9.13 Å². The van der Waals surface area contributed by atoms with Gasteiger partial charge in [0.25, 0.3) is 0 Å². The average Bonchev–Trinajstić information content (AvgIpc) is 2.48. The SMILES string of the molecule is CCCNCc1ccc(F)c(COc2cccc(I)c2)c1. The molecule has 4 heteroatoms. The van der Waals surface area contributed by atoms with Gasteiger partial charge in [0.15, 0.2) is 0 Å². The molecular weight excluding hydrogens is 380 g/mol. The van der Waals surface area contributed by atoms with Crippen molar-refractivity contribution >= 4 is 22.6 Å². The highest BCUT2D eigenvalue weighted by molar-refractivity contribution is 14.1. The minimum Gasteiger partial charge on any atom is -0.489 e. The number of nitrogens with one attached hydrogen (secondary N) is 1. The maximum atomic E-state index is 13.8. The summed E-state index contributed by atoms with van der Waals surface area (Å²) in [6.45, 7) is 4.09. The predicted octanol–water partition coefficient (Wildman–Crippen LogP) is 4.51. The van der Waals surface area contributed by atoms with E-state index in [0.29, 0.717) is 5.56 Å². The van der Waals surface area contributed by atoms with Crippen LogP contribution in [0.5, 0.6) is 5.75 Å². The third-order valence-corrected chi connectivity index (χ3v) is 3.73. The van der Waals surface area contributed by atoms with Crippen LogP contribution in [0.15, 0.2) is 42.5 Å². The van der Waals surface area contributed by atoms with Crippen LogP contribution in [0, 0.1) is 9.39 Å². The van der Waals surface area contributed by atoms with Crippen LogP contribution >= 0.6 is 22.6 Å². The van der Waals surface area contributed by atoms with Crippen LogP contribution < -0.4 is 10.1 Å². The molecule has 0 aliphatic carbocycles. The summed E-state index contributed by atoms with van der Waals surface area (Å²) in [5.74, 6) is 0.538. The van der Waals surface area contributed by atoms with Crippen LogP contribution in [0.25, 0.3) is 0 Å². The summed E-state index contributed by atoms with van der Waals surface area (Å²) >= 11 is 2.23. The molecule has 0 aromatic heterocycles. The molecule has 0 unspecified atom stereocenters. The van der Waals surface area contributed by atoms with E-state index in [0.717, 1.165) is 34.4 Å². The van der Waals surface area contributed by atoms with E-state index in [4.69, 9.17) is 4.74 Å². The van der Waals surface area contributed by atoms with Crippen LogP contribution in [-0.2, 0) is 13.2 Å². The van der Waals surface area contributed by atoms with Gasteiger partial charge in [0.2, 0.25) is 0 Å². The number of rotatable bonds is 7. The fraction of sp³-hybridized carbons (Fsp3) is 0.294. The van der Waals surface area contributed by atoms with E-state index >= 15 is 0 Å². The molecule has 2 aromatic rings. The number of hydrogen-bond acceptors (Lipinski definition) is 2. The first kappa shape index (κ1) is 16.2. The second kappa shape index (κ2) is 8.34. The zero-order valence-electron chi connectivity index (χ0n) is 12.0. The number of benzene rings is 2. The Morgan fingerprint density at radius 1 is 1.19 bits per heavy atom. The molecule has 0 atom stereocenters. The summed E-state index contributed by atoms with van der Waals surface area (Å²) in [5.41, 5.74) is 1.66. The summed E-state index contributed by atoms with van der Waals surface area (Å²) < 4.78 is 20.6. The Labute approximate surface area is 138 Å². The molecule has 21 heavy (non-hydrogen) atoms. The van der Waals surface area contributed by atoms with Gasteiger partial charge in [-0.3, -0.25) is 0 Å². The lowest BCUT2D eigenvalue weighted by molar-refractivity contribution is 0.299. The number of halogens is 2. The first-order valence-corrected chi connectivity index (χ1v) is 8.13. The minimum absolute atomic E-state index is 0.222. The molecule has 0 saturated heterocycles. The van der Waals surface area contributed by atoms with Gasteiger partial charge < -0.3 is 10.1 Å². The van der Waals surface area contributed by atoms with E-state index in [1.165, 1.54) is 6.07 Å². The molecule has 0 aliphatic heterocycles. The maximum absolute atomic E-state index is 13.8. The molecular formula is C17H19FINO. The minimum atomic E-state index is -0.222. The molecule has 0 aliphatic rings. The zero-order valence-corrected chi connectivity index (χ0v) is 14.2. The van der Waals surface area contributed by atoms with E-state index in [-0.39, 0.29) is 12.4 Å². The lowest BCUT2D eigenvalue weighted by Crippen LogP contribution is -2.14. The number of ether oxygens (including phenoxy) is 1. The molecule has 2 nitrogen and oxygen atoms in total. The van der Waals surface area contributed by atoms with Gasteiger partial charge in [-0.25, -0.2) is 4.39 Å². The highest BCUT2D eigenvalue weighted by Gasteiger charge is 2.05. The topological polar surface area (TPSA) is 21.3 Å². The molecule has 0 heterocycles. The Kier molecular flexibility index (Phi) is 6.45. The van der Waals surface area contributed by atoms with Crippen molar-refractivity contribution in [3.63, 3.8) is 0 Å². The van der Waals surface area contributed by atoms with Gasteiger partial charge in [-0.1, -0.05) is 19.1 Å². The van der Waals surface area contributed by atoms with Crippen molar-refractivity contribution in [2.75, 3.05) is 6.54 Å². The van der Waals surface area contributed by atoms with Gasteiger partial charge in [-0.05, 0) is 71.5 Å². The van der Waals surface area contributed by atoms with Gasteiger partial charge >= 0.3 is 0 Å². The van der Waals surface area contributed by atoms with E-state index in [2.05, 4.69) is 34.8 Å². The Morgan fingerprint density at radius 3 is 2.81 bits per heavy atom. The normalized spacial score (nSPS) is 10.6. The lowest BCUT2D eigenvalue weighted by atomic mass is 10.1. The quantitative estimate of drug-likeness (QED) is 0.547. The summed E-state index contributed by atoms with van der Waals surface area (Å²) in [6.07, 6.45) is 1.09. The van der Waals surface area contributed by atoms with E-state index in [1.54, 1.807) is 0 Å². The molecule has 0 saturated carbocycles. The monoisotopic (exact) mass is 399 g/mol.